The molecule has 1 saturated heterocycles. The second-order valence-electron chi connectivity index (χ2n) is 9.12. The minimum absolute atomic E-state index is 0.105. The molecule has 0 bridgehead atoms. The Labute approximate surface area is 191 Å². The zero-order valence-corrected chi connectivity index (χ0v) is 19.1. The Morgan fingerprint density at radius 3 is 2.64 bits per heavy atom. The zero-order chi connectivity index (χ0) is 23.4. The standard InChI is InChI=1S/C24H30FN5O3/c1-16-12-17(2)14-29(13-16)10-3-9-26-20(31)8-11-30-15-27-23-21(24(30)32)22(28-33-23)18-4-6-19(25)7-5-18/h4-7,15-17H,3,8-14H2,1-2H3,(H,26,31)/t16-,17+. The van der Waals surface area contributed by atoms with Crippen LogP contribution in [0.25, 0.3) is 22.4 Å². The van der Waals surface area contributed by atoms with Crippen LogP contribution in [-0.4, -0.2) is 51.7 Å². The molecule has 2 atom stereocenters. The first-order valence-electron chi connectivity index (χ1n) is 11.5. The van der Waals surface area contributed by atoms with Gasteiger partial charge in [-0.15, -0.1) is 0 Å². The third-order valence-corrected chi connectivity index (χ3v) is 6.08. The first-order valence-corrected chi connectivity index (χ1v) is 11.5. The molecule has 1 aromatic carbocycles. The van der Waals surface area contributed by atoms with E-state index < -0.39 is 0 Å². The van der Waals surface area contributed by atoms with E-state index in [0.29, 0.717) is 17.8 Å². The number of benzene rings is 1. The lowest BCUT2D eigenvalue weighted by Crippen LogP contribution is -2.40. The summed E-state index contributed by atoms with van der Waals surface area (Å²) in [6.07, 6.45) is 3.71. The molecule has 1 amide bonds. The number of aryl methyl sites for hydroxylation is 1. The Morgan fingerprint density at radius 1 is 1.18 bits per heavy atom. The summed E-state index contributed by atoms with van der Waals surface area (Å²) in [6.45, 7) is 8.63. The molecule has 1 aliphatic rings. The summed E-state index contributed by atoms with van der Waals surface area (Å²) in [5, 5.41) is 7.09. The minimum atomic E-state index is -0.381. The Balaban J connectivity index is 1.31. The van der Waals surface area contributed by atoms with Gasteiger partial charge in [0.25, 0.3) is 11.3 Å². The number of nitrogens with zero attached hydrogens (tertiary/aromatic N) is 4. The fourth-order valence-corrected chi connectivity index (χ4v) is 4.66. The van der Waals surface area contributed by atoms with Crippen molar-refractivity contribution in [3.63, 3.8) is 0 Å². The number of rotatable bonds is 8. The summed E-state index contributed by atoms with van der Waals surface area (Å²) >= 11 is 0. The molecule has 1 fully saturated rings. The van der Waals surface area contributed by atoms with Crippen molar-refractivity contribution in [1.82, 2.24) is 24.9 Å². The zero-order valence-electron chi connectivity index (χ0n) is 19.1. The van der Waals surface area contributed by atoms with Crippen molar-refractivity contribution in [2.24, 2.45) is 11.8 Å². The second kappa shape index (κ2) is 10.2. The van der Waals surface area contributed by atoms with Crippen LogP contribution in [0.5, 0.6) is 0 Å². The fraction of sp³-hybridized carbons (Fsp3) is 0.500. The normalized spacial score (nSPS) is 19.1. The van der Waals surface area contributed by atoms with Gasteiger partial charge in [-0.05, 0) is 55.5 Å². The number of fused-ring (bicyclic) bond motifs is 1. The predicted octanol–water partition coefficient (Wildman–Crippen LogP) is 3.06. The van der Waals surface area contributed by atoms with E-state index in [2.05, 4.69) is 34.2 Å². The van der Waals surface area contributed by atoms with Gasteiger partial charge in [0.1, 0.15) is 23.2 Å². The molecule has 1 aliphatic heterocycles. The van der Waals surface area contributed by atoms with E-state index >= 15 is 0 Å². The highest BCUT2D eigenvalue weighted by atomic mass is 19.1. The smallest absolute Gasteiger partial charge is 0.266 e. The Hall–Kier alpha value is -3.07. The van der Waals surface area contributed by atoms with Crippen LogP contribution in [0.4, 0.5) is 4.39 Å². The van der Waals surface area contributed by atoms with Crippen LogP contribution in [0, 0.1) is 17.7 Å². The third-order valence-electron chi connectivity index (χ3n) is 6.08. The van der Waals surface area contributed by atoms with E-state index in [1.54, 1.807) is 0 Å². The van der Waals surface area contributed by atoms with Gasteiger partial charge in [0.2, 0.25) is 5.91 Å². The van der Waals surface area contributed by atoms with Gasteiger partial charge in [-0.2, -0.15) is 0 Å². The summed E-state index contributed by atoms with van der Waals surface area (Å²) in [6, 6.07) is 5.65. The van der Waals surface area contributed by atoms with Gasteiger partial charge >= 0.3 is 0 Å². The predicted molar refractivity (Wildman–Crippen MR) is 123 cm³/mol. The maximum atomic E-state index is 13.2. The lowest BCUT2D eigenvalue weighted by molar-refractivity contribution is -0.121. The number of hydrogen-bond donors (Lipinski definition) is 1. The molecule has 0 aliphatic carbocycles. The maximum absolute atomic E-state index is 13.2. The highest BCUT2D eigenvalue weighted by Crippen LogP contribution is 2.24. The van der Waals surface area contributed by atoms with Crippen molar-refractivity contribution in [2.75, 3.05) is 26.2 Å². The quantitative estimate of drug-likeness (QED) is 0.525. The number of carbonyl (C=O) groups is 1. The van der Waals surface area contributed by atoms with Crippen LogP contribution in [0.15, 0.2) is 39.9 Å². The van der Waals surface area contributed by atoms with Gasteiger partial charge in [-0.25, -0.2) is 9.37 Å². The molecule has 0 saturated carbocycles. The van der Waals surface area contributed by atoms with Gasteiger partial charge < -0.3 is 14.7 Å². The fourth-order valence-electron chi connectivity index (χ4n) is 4.66. The lowest BCUT2D eigenvalue weighted by Gasteiger charge is -2.34. The number of likely N-dealkylation sites (tertiary alicyclic amines) is 1. The molecule has 0 unspecified atom stereocenters. The number of hydrogen-bond acceptors (Lipinski definition) is 6. The monoisotopic (exact) mass is 455 g/mol. The molecule has 3 heterocycles. The SMILES string of the molecule is C[C@@H]1C[C@H](C)CN(CCCNC(=O)CCn2cnc3onc(-c4ccc(F)cc4)c3c2=O)C1. The van der Waals surface area contributed by atoms with Crippen LogP contribution in [-0.2, 0) is 11.3 Å². The second-order valence-corrected chi connectivity index (χ2v) is 9.12. The number of amides is 1. The molecule has 2 aromatic heterocycles. The largest absolute Gasteiger partial charge is 0.356 e. The van der Waals surface area contributed by atoms with E-state index in [0.717, 1.165) is 37.9 Å². The van der Waals surface area contributed by atoms with Gasteiger partial charge in [-0.3, -0.25) is 14.2 Å². The highest BCUT2D eigenvalue weighted by Gasteiger charge is 2.21. The van der Waals surface area contributed by atoms with Crippen LogP contribution in [0.2, 0.25) is 0 Å². The summed E-state index contributed by atoms with van der Waals surface area (Å²) in [4.78, 5) is 31.9. The van der Waals surface area contributed by atoms with Gasteiger partial charge in [0.05, 0.1) is 0 Å². The van der Waals surface area contributed by atoms with Crippen molar-refractivity contribution in [3.05, 3.63) is 46.8 Å². The lowest BCUT2D eigenvalue weighted by atomic mass is 9.92. The van der Waals surface area contributed by atoms with E-state index in [4.69, 9.17) is 4.52 Å². The first-order chi connectivity index (χ1) is 15.9. The topological polar surface area (TPSA) is 93.3 Å². The van der Waals surface area contributed by atoms with Crippen molar-refractivity contribution in [2.45, 2.75) is 39.7 Å². The number of carbonyl (C=O) groups excluding carboxylic acids is 1. The van der Waals surface area contributed by atoms with Crippen molar-refractivity contribution in [3.8, 4) is 11.3 Å². The van der Waals surface area contributed by atoms with E-state index in [-0.39, 0.29) is 41.3 Å². The maximum Gasteiger partial charge on any atom is 0.266 e. The van der Waals surface area contributed by atoms with Crippen molar-refractivity contribution >= 4 is 17.0 Å². The van der Waals surface area contributed by atoms with Gasteiger partial charge in [-0.1, -0.05) is 19.0 Å². The van der Waals surface area contributed by atoms with Crippen LogP contribution in [0.3, 0.4) is 0 Å². The summed E-state index contributed by atoms with van der Waals surface area (Å²) < 4.78 is 19.8. The molecule has 1 N–H and O–H groups in total. The minimum Gasteiger partial charge on any atom is -0.356 e. The number of piperidine rings is 1. The van der Waals surface area contributed by atoms with Crippen LogP contribution in [0.1, 0.15) is 33.1 Å². The summed E-state index contributed by atoms with van der Waals surface area (Å²) in [5.74, 6) is 0.961. The Kier molecular flexibility index (Phi) is 7.17. The molecule has 33 heavy (non-hydrogen) atoms. The average molecular weight is 456 g/mol. The average Bonchev–Trinajstić information content (AvgIpc) is 3.21. The Bertz CT molecular complexity index is 1150. The highest BCUT2D eigenvalue weighted by molar-refractivity contribution is 5.88. The van der Waals surface area contributed by atoms with Gasteiger partial charge in [0.15, 0.2) is 0 Å². The number of halogens is 1. The van der Waals surface area contributed by atoms with Crippen molar-refractivity contribution in [1.29, 1.82) is 0 Å². The molecule has 0 radical (unpaired) electrons. The van der Waals surface area contributed by atoms with E-state index in [1.807, 2.05) is 0 Å². The number of aromatic nitrogens is 3. The Morgan fingerprint density at radius 2 is 1.91 bits per heavy atom. The first kappa shape index (κ1) is 23.1. The molecule has 9 heteroatoms. The van der Waals surface area contributed by atoms with E-state index in [1.165, 1.54) is 41.6 Å². The van der Waals surface area contributed by atoms with Gasteiger partial charge in [0, 0.05) is 38.2 Å². The molecule has 3 aromatic rings. The summed E-state index contributed by atoms with van der Waals surface area (Å²) in [5.41, 5.74) is 0.632. The third kappa shape index (κ3) is 5.65. The molecule has 0 spiro atoms. The molecule has 176 valence electrons. The van der Waals surface area contributed by atoms with E-state index in [9.17, 15) is 14.0 Å². The van der Waals surface area contributed by atoms with Crippen LogP contribution >= 0.6 is 0 Å². The summed E-state index contributed by atoms with van der Waals surface area (Å²) in [7, 11) is 0. The molecule has 4 rings (SSSR count). The molecular formula is C24H30FN5O3. The molecule has 8 nitrogen and oxygen atoms in total. The number of nitrogens with one attached hydrogen (secondary N) is 1. The van der Waals surface area contributed by atoms with Crippen LogP contribution < -0.4 is 10.9 Å². The molecular weight excluding hydrogens is 425 g/mol. The van der Waals surface area contributed by atoms with Crippen molar-refractivity contribution < 1.29 is 13.7 Å².